The Bertz CT molecular complexity index is 1190. The molecule has 0 bridgehead atoms. The molecule has 1 aliphatic heterocycles. The number of rotatable bonds is 3. The van der Waals surface area contributed by atoms with Crippen molar-refractivity contribution in [3.05, 3.63) is 105 Å². The quantitative estimate of drug-likeness (QED) is 0.242. The first-order chi connectivity index (χ1) is 15.0. The molecule has 0 unspecified atom stereocenters. The molecular formula is C25H18Cl3NO2. The van der Waals surface area contributed by atoms with Crippen LogP contribution in [0.15, 0.2) is 72.8 Å². The molecule has 0 saturated carbocycles. The van der Waals surface area contributed by atoms with E-state index in [0.717, 1.165) is 22.7 Å². The monoisotopic (exact) mass is 469 g/mol. The fraction of sp³-hybridized carbons (Fsp3) is 0.160. The number of allylic oxidation sites excluding steroid dienone is 2. The molecule has 0 fully saturated rings. The lowest BCUT2D eigenvalue weighted by atomic mass is 9.77. The van der Waals surface area contributed by atoms with Gasteiger partial charge < -0.3 is 10.1 Å². The summed E-state index contributed by atoms with van der Waals surface area (Å²) in [5.41, 5.74) is 3.65. The summed E-state index contributed by atoms with van der Waals surface area (Å²) in [6, 6.07) is 18.6. The number of fused-ring (bicyclic) bond motifs is 3. The Kier molecular flexibility index (Phi) is 5.43. The average molecular weight is 471 g/mol. The average Bonchev–Trinajstić information content (AvgIpc) is 3.24. The van der Waals surface area contributed by atoms with Crippen molar-refractivity contribution < 1.29 is 9.53 Å². The maximum absolute atomic E-state index is 12.6. The van der Waals surface area contributed by atoms with E-state index in [1.165, 1.54) is 11.6 Å². The van der Waals surface area contributed by atoms with Crippen LogP contribution < -0.4 is 10.1 Å². The molecule has 3 aromatic carbocycles. The number of anilines is 1. The smallest absolute Gasteiger partial charge is 0.345 e. The van der Waals surface area contributed by atoms with Crippen molar-refractivity contribution in [3.63, 3.8) is 0 Å². The highest BCUT2D eigenvalue weighted by atomic mass is 35.5. The van der Waals surface area contributed by atoms with Crippen LogP contribution in [0.25, 0.3) is 0 Å². The molecule has 1 aliphatic carbocycles. The van der Waals surface area contributed by atoms with Gasteiger partial charge in [0.15, 0.2) is 0 Å². The third-order valence-electron chi connectivity index (χ3n) is 5.92. The highest BCUT2D eigenvalue weighted by Gasteiger charge is 2.38. The summed E-state index contributed by atoms with van der Waals surface area (Å²) in [5, 5.41) is 5.14. The lowest BCUT2D eigenvalue weighted by Gasteiger charge is -2.37. The van der Waals surface area contributed by atoms with Gasteiger partial charge in [0.2, 0.25) is 0 Å². The van der Waals surface area contributed by atoms with Crippen LogP contribution in [-0.4, -0.2) is 5.97 Å². The van der Waals surface area contributed by atoms with E-state index in [0.29, 0.717) is 16.7 Å². The van der Waals surface area contributed by atoms with E-state index in [1.54, 1.807) is 18.2 Å². The molecule has 31 heavy (non-hydrogen) atoms. The number of ether oxygens (including phenoxy) is 1. The van der Waals surface area contributed by atoms with Gasteiger partial charge in [-0.25, -0.2) is 4.79 Å². The summed E-state index contributed by atoms with van der Waals surface area (Å²) in [7, 11) is 0. The van der Waals surface area contributed by atoms with Gasteiger partial charge in [-0.2, -0.15) is 0 Å². The zero-order valence-corrected chi connectivity index (χ0v) is 18.6. The Morgan fingerprint density at radius 3 is 2.48 bits per heavy atom. The van der Waals surface area contributed by atoms with Crippen LogP contribution in [0.1, 0.15) is 39.9 Å². The number of halogens is 3. The maximum atomic E-state index is 12.6. The Hall–Kier alpha value is -2.46. The van der Waals surface area contributed by atoms with Crippen molar-refractivity contribution in [1.29, 1.82) is 0 Å². The molecule has 0 amide bonds. The fourth-order valence-corrected chi connectivity index (χ4v) is 5.06. The lowest BCUT2D eigenvalue weighted by Crippen LogP contribution is -2.29. The molecule has 0 saturated heterocycles. The number of hydrogen-bond donors (Lipinski definition) is 1. The van der Waals surface area contributed by atoms with Gasteiger partial charge in [0.25, 0.3) is 0 Å². The first-order valence-corrected chi connectivity index (χ1v) is 11.1. The second-order valence-corrected chi connectivity index (χ2v) is 9.07. The van der Waals surface area contributed by atoms with Crippen LogP contribution in [0.4, 0.5) is 5.69 Å². The molecular weight excluding hydrogens is 453 g/mol. The van der Waals surface area contributed by atoms with E-state index in [-0.39, 0.29) is 22.5 Å². The van der Waals surface area contributed by atoms with Gasteiger partial charge in [0.1, 0.15) is 5.75 Å². The lowest BCUT2D eigenvalue weighted by molar-refractivity contribution is 0.0735. The summed E-state index contributed by atoms with van der Waals surface area (Å²) in [6.45, 7) is 0. The van der Waals surface area contributed by atoms with Crippen LogP contribution in [0.5, 0.6) is 5.75 Å². The van der Waals surface area contributed by atoms with Crippen molar-refractivity contribution in [1.82, 2.24) is 0 Å². The van der Waals surface area contributed by atoms with Gasteiger partial charge in [-0.1, -0.05) is 59.1 Å². The van der Waals surface area contributed by atoms with Crippen LogP contribution in [-0.2, 0) is 0 Å². The molecule has 1 N–H and O–H groups in total. The number of carbonyl (C=O) groups is 1. The zero-order chi connectivity index (χ0) is 21.5. The standard InChI is InChI=1S/C25H18Cl3NO2/c26-15-6-4-14(5-7-15)24-19-3-1-2-18(19)21-13-17(9-11-23(21)29-24)31-25(30)20-10-8-16(27)12-22(20)28/h1-2,4-13,18-19,24,29H,3H2/t18-,19-,24+/m0/s1. The molecule has 0 aromatic heterocycles. The fourth-order valence-electron chi connectivity index (χ4n) is 4.45. The molecule has 6 heteroatoms. The predicted octanol–water partition coefficient (Wildman–Crippen LogP) is 7.69. The molecule has 1 heterocycles. The molecule has 156 valence electrons. The Morgan fingerprint density at radius 2 is 1.71 bits per heavy atom. The molecule has 3 nitrogen and oxygen atoms in total. The highest BCUT2D eigenvalue weighted by Crippen LogP contribution is 2.50. The van der Waals surface area contributed by atoms with Crippen LogP contribution in [0.3, 0.4) is 0 Å². The zero-order valence-electron chi connectivity index (χ0n) is 16.3. The van der Waals surface area contributed by atoms with E-state index in [2.05, 4.69) is 29.6 Å². The molecule has 3 atom stereocenters. The van der Waals surface area contributed by atoms with E-state index in [4.69, 9.17) is 39.5 Å². The minimum absolute atomic E-state index is 0.186. The third-order valence-corrected chi connectivity index (χ3v) is 6.72. The van der Waals surface area contributed by atoms with E-state index in [1.807, 2.05) is 24.3 Å². The normalized spacial score (nSPS) is 21.2. The summed E-state index contributed by atoms with van der Waals surface area (Å²) < 4.78 is 5.63. The van der Waals surface area contributed by atoms with Crippen LogP contribution in [0, 0.1) is 5.92 Å². The summed E-state index contributed by atoms with van der Waals surface area (Å²) in [4.78, 5) is 12.6. The summed E-state index contributed by atoms with van der Waals surface area (Å²) in [6.07, 6.45) is 5.45. The largest absolute Gasteiger partial charge is 0.423 e. The first kappa shape index (κ1) is 20.4. The SMILES string of the molecule is O=C(Oc1ccc2c(c1)[C@H]1C=CC[C@@H]1[C@@H](c1ccc(Cl)cc1)N2)c1ccc(Cl)cc1Cl. The van der Waals surface area contributed by atoms with Crippen molar-refractivity contribution in [2.24, 2.45) is 5.92 Å². The van der Waals surface area contributed by atoms with Gasteiger partial charge in [0, 0.05) is 21.7 Å². The topological polar surface area (TPSA) is 38.3 Å². The van der Waals surface area contributed by atoms with Gasteiger partial charge in [-0.05, 0) is 72.0 Å². The second-order valence-electron chi connectivity index (χ2n) is 7.79. The minimum atomic E-state index is -0.511. The van der Waals surface area contributed by atoms with Crippen molar-refractivity contribution in [3.8, 4) is 5.75 Å². The van der Waals surface area contributed by atoms with Gasteiger partial charge in [0.05, 0.1) is 16.6 Å². The van der Waals surface area contributed by atoms with Crippen molar-refractivity contribution in [2.45, 2.75) is 18.4 Å². The molecule has 3 aromatic rings. The third kappa shape index (κ3) is 3.94. The summed E-state index contributed by atoms with van der Waals surface area (Å²) in [5.74, 6) is 0.600. The summed E-state index contributed by atoms with van der Waals surface area (Å²) >= 11 is 18.1. The van der Waals surface area contributed by atoms with E-state index in [9.17, 15) is 4.79 Å². The number of hydrogen-bond acceptors (Lipinski definition) is 3. The van der Waals surface area contributed by atoms with Crippen LogP contribution in [0.2, 0.25) is 15.1 Å². The maximum Gasteiger partial charge on any atom is 0.345 e. The van der Waals surface area contributed by atoms with Gasteiger partial charge >= 0.3 is 5.97 Å². The van der Waals surface area contributed by atoms with Crippen molar-refractivity contribution in [2.75, 3.05) is 5.32 Å². The molecule has 2 aliphatic rings. The first-order valence-electron chi connectivity index (χ1n) is 9.99. The molecule has 0 radical (unpaired) electrons. The predicted molar refractivity (Wildman–Crippen MR) is 126 cm³/mol. The van der Waals surface area contributed by atoms with Gasteiger partial charge in [-0.3, -0.25) is 0 Å². The second kappa shape index (κ2) is 8.23. The van der Waals surface area contributed by atoms with Crippen molar-refractivity contribution >= 4 is 46.5 Å². The van der Waals surface area contributed by atoms with Crippen LogP contribution >= 0.6 is 34.8 Å². The Labute approximate surface area is 195 Å². The minimum Gasteiger partial charge on any atom is -0.423 e. The number of esters is 1. The Morgan fingerprint density at radius 1 is 0.935 bits per heavy atom. The molecule has 0 spiro atoms. The number of benzene rings is 3. The number of nitrogens with one attached hydrogen (secondary N) is 1. The Balaban J connectivity index is 1.43. The highest BCUT2D eigenvalue weighted by molar-refractivity contribution is 6.36. The number of carbonyl (C=O) groups excluding carboxylic acids is 1. The van der Waals surface area contributed by atoms with Gasteiger partial charge in [-0.15, -0.1) is 0 Å². The van der Waals surface area contributed by atoms with E-state index >= 15 is 0 Å². The van der Waals surface area contributed by atoms with E-state index < -0.39 is 5.97 Å². The molecule has 5 rings (SSSR count).